The Labute approximate surface area is 165 Å². The minimum atomic E-state index is -1.59. The van der Waals surface area contributed by atoms with E-state index in [0.29, 0.717) is 5.75 Å². The Balaban J connectivity index is 3.45. The first-order valence-corrected chi connectivity index (χ1v) is 25.4. The fourth-order valence-electron chi connectivity index (χ4n) is 5.83. The molecule has 6 heteroatoms. The Morgan fingerprint density at radius 3 is 1.54 bits per heavy atom. The lowest BCUT2D eigenvalue weighted by molar-refractivity contribution is -0.138. The van der Waals surface area contributed by atoms with Crippen LogP contribution in [0.4, 0.5) is 0 Å². The molecule has 1 atom stereocenters. The minimum absolute atomic E-state index is 0.0471. The van der Waals surface area contributed by atoms with Crippen LogP contribution < -0.4 is 9.92 Å². The van der Waals surface area contributed by atoms with E-state index in [1.54, 1.807) is 5.19 Å². The van der Waals surface area contributed by atoms with Crippen LogP contribution in [0, 0.1) is 5.92 Å². The smallest absolute Gasteiger partial charge is 0.314 e. The molecule has 0 radical (unpaired) electrons. The summed E-state index contributed by atoms with van der Waals surface area (Å²) in [5.74, 6) is 0.530. The maximum Gasteiger partial charge on any atom is 0.314 e. The molecule has 1 rings (SSSR count). The van der Waals surface area contributed by atoms with Crippen molar-refractivity contribution < 1.29 is 9.53 Å². The van der Waals surface area contributed by atoms with Gasteiger partial charge in [-0.2, -0.15) is 0 Å². The molecule has 1 aromatic carbocycles. The quantitative estimate of drug-likeness (QED) is 0.326. The molecule has 0 heterocycles. The summed E-state index contributed by atoms with van der Waals surface area (Å²) in [7, 11) is -4.10. The summed E-state index contributed by atoms with van der Waals surface area (Å²) >= 11 is 0. The predicted molar refractivity (Wildman–Crippen MR) is 127 cm³/mol. The summed E-state index contributed by atoms with van der Waals surface area (Å²) < 4.78 is 5.60. The van der Waals surface area contributed by atoms with Crippen molar-refractivity contribution in [2.75, 3.05) is 0 Å². The van der Waals surface area contributed by atoms with Gasteiger partial charge in [0.1, 0.15) is 5.75 Å². The second kappa shape index (κ2) is 7.89. The number of hydrogen-bond acceptors (Lipinski definition) is 2. The largest absolute Gasteiger partial charge is 0.426 e. The lowest BCUT2D eigenvalue weighted by atomic mass is 10.1. The SMILES string of the molecule is CCC(C)C(=O)Oc1ccc([Si]([Si](C)(C)C)([Si](C)(C)C)[Si](C)(C)C)cc1. The zero-order valence-electron chi connectivity index (χ0n) is 18.9. The third kappa shape index (κ3) is 4.34. The van der Waals surface area contributed by atoms with Gasteiger partial charge >= 0.3 is 5.97 Å². The first-order valence-electron chi connectivity index (χ1n) is 9.92. The number of rotatable bonds is 7. The van der Waals surface area contributed by atoms with Crippen molar-refractivity contribution in [3.8, 4) is 5.75 Å². The molecule has 0 N–H and O–H groups in total. The molecule has 0 saturated heterocycles. The van der Waals surface area contributed by atoms with Crippen molar-refractivity contribution in [1.82, 2.24) is 0 Å². The van der Waals surface area contributed by atoms with E-state index in [0.717, 1.165) is 6.42 Å². The summed E-state index contributed by atoms with van der Waals surface area (Å²) in [4.78, 5) is 12.1. The standard InChI is InChI=1S/C20H40O2Si4/c1-12-17(2)20(21)22-18-13-15-19(16-14-18)26(23(3,4)5,24(6,7)8)25(9,10)11/h13-17H,12H2,1-11H3. The maximum absolute atomic E-state index is 12.1. The van der Waals surface area contributed by atoms with Crippen LogP contribution in [0.3, 0.4) is 0 Å². The molecule has 0 aliphatic rings. The molecule has 26 heavy (non-hydrogen) atoms. The summed E-state index contributed by atoms with van der Waals surface area (Å²) in [6.07, 6.45) is 0.813. The molecule has 0 aromatic heterocycles. The second-order valence-corrected chi connectivity index (χ2v) is 51.1. The van der Waals surface area contributed by atoms with E-state index >= 15 is 0 Å². The molecule has 1 unspecified atom stereocenters. The van der Waals surface area contributed by atoms with Crippen molar-refractivity contribution in [3.63, 3.8) is 0 Å². The van der Waals surface area contributed by atoms with Gasteiger partial charge < -0.3 is 4.74 Å². The molecule has 0 aliphatic heterocycles. The summed E-state index contributed by atoms with van der Waals surface area (Å²) in [5.41, 5.74) is 0. The van der Waals surface area contributed by atoms with Crippen molar-refractivity contribution >= 4 is 40.6 Å². The number of carbonyl (C=O) groups excluding carboxylic acids is 1. The third-order valence-corrected chi connectivity index (χ3v) is 77.2. The normalized spacial score (nSPS) is 14.9. The average Bonchev–Trinajstić information content (AvgIpc) is 2.44. The van der Waals surface area contributed by atoms with Gasteiger partial charge in [-0.15, -0.1) is 0 Å². The molecule has 1 aromatic rings. The zero-order chi connectivity index (χ0) is 20.6. The van der Waals surface area contributed by atoms with Gasteiger partial charge in [0.2, 0.25) is 0 Å². The first kappa shape index (κ1) is 23.6. The highest BCUT2D eigenvalue weighted by Gasteiger charge is 2.62. The molecule has 0 bridgehead atoms. The van der Waals surface area contributed by atoms with Crippen molar-refractivity contribution in [1.29, 1.82) is 0 Å². The number of hydrogen-bond donors (Lipinski definition) is 0. The Bertz CT molecular complexity index is 583. The topological polar surface area (TPSA) is 26.3 Å². The minimum Gasteiger partial charge on any atom is -0.426 e. The summed E-state index contributed by atoms with van der Waals surface area (Å²) in [6.45, 7) is 25.8. The highest BCUT2D eigenvalue weighted by Crippen LogP contribution is 2.37. The summed E-state index contributed by atoms with van der Waals surface area (Å²) in [5, 5.41) is 1.62. The zero-order valence-corrected chi connectivity index (χ0v) is 22.9. The van der Waals surface area contributed by atoms with E-state index in [4.69, 9.17) is 4.74 Å². The van der Waals surface area contributed by atoms with Gasteiger partial charge in [0.15, 0.2) is 0 Å². The van der Waals surface area contributed by atoms with Gasteiger partial charge in [0, 0.05) is 22.8 Å². The fraction of sp³-hybridized carbons (Fsp3) is 0.650. The number of esters is 1. The molecular weight excluding hydrogens is 385 g/mol. The van der Waals surface area contributed by atoms with Gasteiger partial charge in [0.25, 0.3) is 0 Å². The maximum atomic E-state index is 12.1. The highest BCUT2D eigenvalue weighted by atomic mass is 29.9. The molecule has 0 aliphatic carbocycles. The Morgan fingerprint density at radius 1 is 0.846 bits per heavy atom. The fourth-order valence-corrected chi connectivity index (χ4v) is 106. The van der Waals surface area contributed by atoms with Crippen LogP contribution in [0.5, 0.6) is 5.75 Å². The Hall–Kier alpha value is -0.442. The monoisotopic (exact) mass is 424 g/mol. The molecular formula is C20H40O2Si4. The van der Waals surface area contributed by atoms with Gasteiger partial charge in [-0.1, -0.05) is 90.1 Å². The number of carbonyl (C=O) groups is 1. The molecule has 0 amide bonds. The van der Waals surface area contributed by atoms with Crippen LogP contribution >= 0.6 is 0 Å². The lowest BCUT2D eigenvalue weighted by Crippen LogP contribution is -2.88. The van der Waals surface area contributed by atoms with Crippen LogP contribution in [0.15, 0.2) is 24.3 Å². The van der Waals surface area contributed by atoms with E-state index in [2.05, 4.69) is 83.2 Å². The molecule has 2 nitrogen and oxygen atoms in total. The molecule has 0 fully saturated rings. The van der Waals surface area contributed by atoms with E-state index in [-0.39, 0.29) is 11.9 Å². The lowest BCUT2D eigenvalue weighted by Gasteiger charge is -2.57. The van der Waals surface area contributed by atoms with Crippen LogP contribution in [0.2, 0.25) is 58.9 Å². The highest BCUT2D eigenvalue weighted by molar-refractivity contribution is 7.92. The Kier molecular flexibility index (Phi) is 7.16. The van der Waals surface area contributed by atoms with E-state index in [1.807, 2.05) is 13.8 Å². The average molecular weight is 425 g/mol. The molecule has 0 saturated carbocycles. The number of ether oxygens (including phenoxy) is 1. The van der Waals surface area contributed by atoms with Crippen molar-refractivity contribution in [3.05, 3.63) is 24.3 Å². The summed E-state index contributed by atoms with van der Waals surface area (Å²) in [6, 6.07) is 8.75. The van der Waals surface area contributed by atoms with Gasteiger partial charge in [-0.3, -0.25) is 4.79 Å². The Morgan fingerprint density at radius 2 is 1.23 bits per heavy atom. The van der Waals surface area contributed by atoms with Gasteiger partial charge in [-0.25, -0.2) is 0 Å². The van der Waals surface area contributed by atoms with Gasteiger partial charge in [0.05, 0.1) is 12.5 Å². The van der Waals surface area contributed by atoms with Crippen LogP contribution in [-0.2, 0) is 4.79 Å². The predicted octanol–water partition coefficient (Wildman–Crippen LogP) is 5.54. The van der Waals surface area contributed by atoms with Crippen LogP contribution in [0.25, 0.3) is 0 Å². The molecule has 0 spiro atoms. The second-order valence-electron chi connectivity index (χ2n) is 10.8. The van der Waals surface area contributed by atoms with E-state index in [1.165, 1.54) is 0 Å². The third-order valence-electron chi connectivity index (χ3n) is 5.90. The van der Waals surface area contributed by atoms with Gasteiger partial charge in [-0.05, 0) is 18.6 Å². The van der Waals surface area contributed by atoms with Crippen molar-refractivity contribution in [2.24, 2.45) is 5.92 Å². The van der Waals surface area contributed by atoms with Crippen molar-refractivity contribution in [2.45, 2.75) is 79.2 Å². The first-order chi connectivity index (χ1) is 11.6. The molecule has 148 valence electrons. The van der Waals surface area contributed by atoms with E-state index < -0.39 is 29.4 Å². The van der Waals surface area contributed by atoms with Crippen LogP contribution in [-0.4, -0.2) is 35.4 Å². The van der Waals surface area contributed by atoms with Crippen LogP contribution in [0.1, 0.15) is 20.3 Å². The number of benzene rings is 1. The van der Waals surface area contributed by atoms with E-state index in [9.17, 15) is 4.79 Å².